The topological polar surface area (TPSA) is 51.8 Å². The second-order valence-corrected chi connectivity index (χ2v) is 13.6. The van der Waals surface area contributed by atoms with Crippen LogP contribution in [-0.2, 0) is 0 Å². The Morgan fingerprint density at radius 3 is 1.62 bits per heavy atom. The molecule has 0 aliphatic rings. The fourth-order valence-electron chi connectivity index (χ4n) is 7.84. The third-order valence-electron chi connectivity index (χ3n) is 10.4. The predicted octanol–water partition coefficient (Wildman–Crippen LogP) is 13.1. The lowest BCUT2D eigenvalue weighted by Crippen LogP contribution is -1.91. The number of benzene rings is 7. The van der Waals surface area contributed by atoms with E-state index in [9.17, 15) is 0 Å². The van der Waals surface area contributed by atoms with Crippen LogP contribution in [0.2, 0.25) is 0 Å². The van der Waals surface area contributed by atoms with Crippen molar-refractivity contribution in [2.45, 2.75) is 0 Å². The second-order valence-electron chi connectivity index (χ2n) is 13.6. The normalized spacial score (nSPS) is 11.8. The highest BCUT2D eigenvalue weighted by Crippen LogP contribution is 2.42. The molecule has 0 N–H and O–H groups in total. The lowest BCUT2D eigenvalue weighted by atomic mass is 9.95. The summed E-state index contributed by atoms with van der Waals surface area (Å²) in [6.45, 7) is 0. The average Bonchev–Trinajstić information content (AvgIpc) is 3.62. The fourth-order valence-corrected chi connectivity index (χ4v) is 7.84. The highest BCUT2D eigenvalue weighted by atomic mass is 16.3. The lowest BCUT2D eigenvalue weighted by molar-refractivity contribution is 0.669. The van der Waals surface area contributed by atoms with Gasteiger partial charge in [0.2, 0.25) is 0 Å². The van der Waals surface area contributed by atoms with Crippen LogP contribution in [0.4, 0.5) is 0 Å². The van der Waals surface area contributed by atoms with Gasteiger partial charge in [-0.3, -0.25) is 0 Å². The van der Waals surface area contributed by atoms with E-state index in [2.05, 4.69) is 152 Å². The summed E-state index contributed by atoms with van der Waals surface area (Å²) < 4.78 is 6.49. The summed E-state index contributed by atoms with van der Waals surface area (Å²) in [5, 5.41) is 7.75. The molecule has 0 aliphatic carbocycles. The summed E-state index contributed by atoms with van der Waals surface area (Å²) in [4.78, 5) is 15.4. The van der Waals surface area contributed by atoms with E-state index in [1.54, 1.807) is 0 Å². The van der Waals surface area contributed by atoms with Crippen LogP contribution in [0.3, 0.4) is 0 Å². The Balaban J connectivity index is 1.03. The van der Waals surface area contributed by atoms with Gasteiger partial charge in [-0.05, 0) is 53.6 Å². The van der Waals surface area contributed by atoms with Gasteiger partial charge >= 0.3 is 0 Å². The molecule has 0 amide bonds. The van der Waals surface area contributed by atoms with E-state index in [1.807, 2.05) is 24.3 Å². The fraction of sp³-hybridized carbons (Fsp3) is 0. The van der Waals surface area contributed by atoms with Gasteiger partial charge in [-0.15, -0.1) is 0 Å². The lowest BCUT2D eigenvalue weighted by Gasteiger charge is -2.11. The summed E-state index contributed by atoms with van der Waals surface area (Å²) >= 11 is 0. The van der Waals surface area contributed by atoms with Crippen LogP contribution in [0.1, 0.15) is 0 Å². The number of aromatic nitrogens is 3. The predicted molar refractivity (Wildman–Crippen MR) is 219 cm³/mol. The van der Waals surface area contributed by atoms with Crippen molar-refractivity contribution in [2.75, 3.05) is 0 Å². The van der Waals surface area contributed by atoms with Crippen LogP contribution in [0.5, 0.6) is 0 Å². The van der Waals surface area contributed by atoms with Crippen molar-refractivity contribution in [1.29, 1.82) is 0 Å². The Bertz CT molecular complexity index is 3200. The minimum absolute atomic E-state index is 0.867. The monoisotopic (exact) mass is 675 g/mol. The molecule has 0 fully saturated rings. The zero-order chi connectivity index (χ0) is 34.9. The molecule has 11 rings (SSSR count). The molecule has 4 nitrogen and oxygen atoms in total. The molecule has 53 heavy (non-hydrogen) atoms. The van der Waals surface area contributed by atoms with E-state index in [-0.39, 0.29) is 0 Å². The Morgan fingerprint density at radius 1 is 0.340 bits per heavy atom. The van der Waals surface area contributed by atoms with Gasteiger partial charge < -0.3 is 4.42 Å². The molecule has 0 spiro atoms. The van der Waals surface area contributed by atoms with E-state index in [1.165, 1.54) is 5.39 Å². The molecule has 0 atom stereocenters. The Kier molecular flexibility index (Phi) is 6.52. The molecule has 4 heteroatoms. The number of hydrogen-bond donors (Lipinski definition) is 0. The summed E-state index contributed by atoms with van der Waals surface area (Å²) in [5.74, 6) is 0. The van der Waals surface area contributed by atoms with Crippen molar-refractivity contribution in [3.8, 4) is 44.9 Å². The van der Waals surface area contributed by atoms with E-state index >= 15 is 0 Å². The molecule has 7 aromatic carbocycles. The number of fused-ring (bicyclic) bond motifs is 10. The first kappa shape index (κ1) is 29.5. The molecule has 246 valence electrons. The van der Waals surface area contributed by atoms with E-state index in [0.717, 1.165) is 105 Å². The van der Waals surface area contributed by atoms with Gasteiger partial charge in [0.25, 0.3) is 0 Å². The van der Waals surface area contributed by atoms with Crippen molar-refractivity contribution in [3.63, 3.8) is 0 Å². The van der Waals surface area contributed by atoms with Gasteiger partial charge in [0.15, 0.2) is 0 Å². The minimum atomic E-state index is 0.867. The van der Waals surface area contributed by atoms with Crippen molar-refractivity contribution in [3.05, 3.63) is 176 Å². The van der Waals surface area contributed by atoms with Gasteiger partial charge in [0.05, 0.1) is 33.6 Å². The molecule has 4 heterocycles. The van der Waals surface area contributed by atoms with E-state index in [4.69, 9.17) is 19.4 Å². The molecule has 0 radical (unpaired) electrons. The standard InChI is InChI=1S/C49H29N3O/c1-3-9-31(10-4-1)40-25-21-34-19-20-35-22-26-41(51-49(35)48(34)50-40)32-17-15-30(16-18-32)36-23-27-43-39(29-36)46-44(53-43)28-24-38-45(46)37-13-7-8-14-42(37)52-47(38)33-11-5-2-6-12-33/h1-29H. The molecular formula is C49H29N3O. The zero-order valence-electron chi connectivity index (χ0n) is 28.5. The van der Waals surface area contributed by atoms with Crippen molar-refractivity contribution < 1.29 is 4.42 Å². The van der Waals surface area contributed by atoms with E-state index in [0.29, 0.717) is 0 Å². The van der Waals surface area contributed by atoms with Gasteiger partial charge in [-0.1, -0.05) is 133 Å². The highest BCUT2D eigenvalue weighted by molar-refractivity contribution is 6.28. The smallest absolute Gasteiger partial charge is 0.136 e. The molecule has 0 bridgehead atoms. The van der Waals surface area contributed by atoms with Crippen LogP contribution in [0.25, 0.3) is 110 Å². The maximum atomic E-state index is 6.49. The number of rotatable bonds is 4. The number of pyridine rings is 3. The van der Waals surface area contributed by atoms with E-state index < -0.39 is 0 Å². The number of nitrogens with zero attached hydrogens (tertiary/aromatic N) is 3. The average molecular weight is 676 g/mol. The largest absolute Gasteiger partial charge is 0.456 e. The first-order chi connectivity index (χ1) is 26.2. The highest BCUT2D eigenvalue weighted by Gasteiger charge is 2.18. The zero-order valence-corrected chi connectivity index (χ0v) is 28.5. The molecule has 0 saturated carbocycles. The molecule has 0 saturated heterocycles. The number of hydrogen-bond acceptors (Lipinski definition) is 4. The van der Waals surface area contributed by atoms with Crippen molar-refractivity contribution >= 4 is 65.4 Å². The van der Waals surface area contributed by atoms with Gasteiger partial charge in [-0.2, -0.15) is 0 Å². The van der Waals surface area contributed by atoms with Crippen LogP contribution >= 0.6 is 0 Å². The third-order valence-corrected chi connectivity index (χ3v) is 10.4. The van der Waals surface area contributed by atoms with Crippen LogP contribution in [0.15, 0.2) is 180 Å². The SMILES string of the molecule is c1ccc(-c2ccc3ccc4ccc(-c5ccc(-c6ccc7oc8ccc9c(-c%10ccccc%10)nc%10ccccc%10c9c8c7c6)cc5)nc4c3n2)cc1. The third kappa shape index (κ3) is 4.80. The quantitative estimate of drug-likeness (QED) is 0.174. The molecular weight excluding hydrogens is 647 g/mol. The Morgan fingerprint density at radius 2 is 0.906 bits per heavy atom. The van der Waals surface area contributed by atoms with Crippen LogP contribution in [-0.4, -0.2) is 15.0 Å². The molecule has 4 aromatic heterocycles. The number of furan rings is 1. The Hall–Kier alpha value is -7.17. The van der Waals surface area contributed by atoms with Crippen LogP contribution in [0, 0.1) is 0 Å². The summed E-state index contributed by atoms with van der Waals surface area (Å²) in [6.07, 6.45) is 0. The first-order valence-corrected chi connectivity index (χ1v) is 17.9. The van der Waals surface area contributed by atoms with Crippen molar-refractivity contribution in [2.24, 2.45) is 0 Å². The van der Waals surface area contributed by atoms with Crippen molar-refractivity contribution in [1.82, 2.24) is 15.0 Å². The summed E-state index contributed by atoms with van der Waals surface area (Å²) in [7, 11) is 0. The maximum absolute atomic E-state index is 6.49. The molecule has 0 aliphatic heterocycles. The summed E-state index contributed by atoms with van der Waals surface area (Å²) in [5.41, 5.74) is 12.9. The van der Waals surface area contributed by atoms with Crippen LogP contribution < -0.4 is 0 Å². The minimum Gasteiger partial charge on any atom is -0.456 e. The number of para-hydroxylation sites is 1. The first-order valence-electron chi connectivity index (χ1n) is 17.9. The second kappa shape index (κ2) is 11.7. The van der Waals surface area contributed by atoms with Gasteiger partial charge in [0.1, 0.15) is 11.2 Å². The maximum Gasteiger partial charge on any atom is 0.136 e. The summed E-state index contributed by atoms with van der Waals surface area (Å²) in [6, 6.07) is 61.3. The van der Waals surface area contributed by atoms with Gasteiger partial charge in [0, 0.05) is 54.4 Å². The Labute approximate surface area is 304 Å². The molecule has 11 aromatic rings. The molecule has 0 unspecified atom stereocenters. The van der Waals surface area contributed by atoms with Gasteiger partial charge in [-0.25, -0.2) is 15.0 Å².